The van der Waals surface area contributed by atoms with E-state index in [4.69, 9.17) is 0 Å². The molecular formula is C16H18N2O2. The number of nitrogens with zero attached hydrogens (tertiary/aromatic N) is 2. The molecule has 2 aromatic rings. The molecule has 1 atom stereocenters. The maximum Gasteiger partial charge on any atom is 0.312 e. The van der Waals surface area contributed by atoms with Crippen LogP contribution in [0.3, 0.4) is 0 Å². The third kappa shape index (κ3) is 3.41. The molecule has 0 aliphatic heterocycles. The van der Waals surface area contributed by atoms with Gasteiger partial charge in [0, 0.05) is 5.69 Å². The topological polar surface area (TPSA) is 63.1 Å². The molecule has 0 radical (unpaired) electrons. The molecule has 1 aromatic heterocycles. The SMILES string of the molecule is Cc1ccc(CC(C(=O)O)c2cc(C)nc(C)n2)cc1. The van der Waals surface area contributed by atoms with Gasteiger partial charge >= 0.3 is 5.97 Å². The number of rotatable bonds is 4. The normalized spacial score (nSPS) is 12.2. The van der Waals surface area contributed by atoms with Gasteiger partial charge in [-0.1, -0.05) is 29.8 Å². The Bertz CT molecular complexity index is 601. The molecule has 0 bridgehead atoms. The summed E-state index contributed by atoms with van der Waals surface area (Å²) >= 11 is 0. The minimum absolute atomic E-state index is 0.436. The van der Waals surface area contributed by atoms with Gasteiger partial charge in [0.15, 0.2) is 0 Å². The van der Waals surface area contributed by atoms with Crippen molar-refractivity contribution in [3.05, 3.63) is 58.7 Å². The van der Waals surface area contributed by atoms with E-state index in [0.717, 1.165) is 16.8 Å². The van der Waals surface area contributed by atoms with Crippen LogP contribution >= 0.6 is 0 Å². The van der Waals surface area contributed by atoms with Gasteiger partial charge in [-0.3, -0.25) is 4.79 Å². The van der Waals surface area contributed by atoms with E-state index in [-0.39, 0.29) is 0 Å². The third-order valence-corrected chi connectivity index (χ3v) is 3.20. The maximum absolute atomic E-state index is 11.5. The van der Waals surface area contributed by atoms with Crippen LogP contribution in [0.25, 0.3) is 0 Å². The highest BCUT2D eigenvalue weighted by Gasteiger charge is 2.22. The molecular weight excluding hydrogens is 252 g/mol. The minimum atomic E-state index is -0.858. The van der Waals surface area contributed by atoms with Crippen molar-refractivity contribution in [3.63, 3.8) is 0 Å². The smallest absolute Gasteiger partial charge is 0.312 e. The second kappa shape index (κ2) is 5.82. The average Bonchev–Trinajstić information content (AvgIpc) is 2.36. The molecule has 0 spiro atoms. The number of carboxylic acid groups (broad SMARTS) is 1. The predicted octanol–water partition coefficient (Wildman–Crippen LogP) is 2.81. The van der Waals surface area contributed by atoms with Crippen LogP contribution in [0.4, 0.5) is 0 Å². The summed E-state index contributed by atoms with van der Waals surface area (Å²) in [5.74, 6) is -0.892. The van der Waals surface area contributed by atoms with Crippen LogP contribution in [-0.4, -0.2) is 21.0 Å². The van der Waals surface area contributed by atoms with Crippen LogP contribution in [0.1, 0.15) is 34.3 Å². The molecule has 0 aliphatic rings. The summed E-state index contributed by atoms with van der Waals surface area (Å²) in [6.45, 7) is 5.64. The predicted molar refractivity (Wildman–Crippen MR) is 76.8 cm³/mol. The van der Waals surface area contributed by atoms with Gasteiger partial charge in [-0.05, 0) is 38.8 Å². The molecule has 1 unspecified atom stereocenters. The number of carbonyl (C=O) groups is 1. The minimum Gasteiger partial charge on any atom is -0.481 e. The second-order valence-electron chi connectivity index (χ2n) is 5.06. The lowest BCUT2D eigenvalue weighted by molar-refractivity contribution is -0.138. The van der Waals surface area contributed by atoms with E-state index >= 15 is 0 Å². The molecule has 0 fully saturated rings. The Morgan fingerprint density at radius 1 is 1.15 bits per heavy atom. The molecule has 1 N–H and O–H groups in total. The van der Waals surface area contributed by atoms with Gasteiger partial charge in [0.25, 0.3) is 0 Å². The Hall–Kier alpha value is -2.23. The summed E-state index contributed by atoms with van der Waals surface area (Å²) < 4.78 is 0. The third-order valence-electron chi connectivity index (χ3n) is 3.20. The number of aliphatic carboxylic acids is 1. The number of benzene rings is 1. The fraction of sp³-hybridized carbons (Fsp3) is 0.312. The zero-order chi connectivity index (χ0) is 14.7. The molecule has 1 heterocycles. The maximum atomic E-state index is 11.5. The first-order valence-electron chi connectivity index (χ1n) is 6.56. The average molecular weight is 270 g/mol. The molecule has 2 rings (SSSR count). The van der Waals surface area contributed by atoms with E-state index in [1.807, 2.05) is 38.1 Å². The van der Waals surface area contributed by atoms with Crippen molar-refractivity contribution in [1.82, 2.24) is 9.97 Å². The van der Waals surface area contributed by atoms with Crippen LogP contribution in [-0.2, 0) is 11.2 Å². The lowest BCUT2D eigenvalue weighted by Gasteiger charge is -2.13. The van der Waals surface area contributed by atoms with Gasteiger partial charge in [-0.15, -0.1) is 0 Å². The second-order valence-corrected chi connectivity index (χ2v) is 5.06. The number of aryl methyl sites for hydroxylation is 3. The molecule has 0 saturated carbocycles. The van der Waals surface area contributed by atoms with Gasteiger partial charge in [0.1, 0.15) is 11.7 Å². The Kier molecular flexibility index (Phi) is 4.13. The van der Waals surface area contributed by atoms with Gasteiger partial charge in [0.2, 0.25) is 0 Å². The quantitative estimate of drug-likeness (QED) is 0.928. The van der Waals surface area contributed by atoms with Crippen LogP contribution in [0.2, 0.25) is 0 Å². The fourth-order valence-corrected chi connectivity index (χ4v) is 2.20. The highest BCUT2D eigenvalue weighted by atomic mass is 16.4. The number of hydrogen-bond acceptors (Lipinski definition) is 3. The first-order chi connectivity index (χ1) is 9.45. The molecule has 1 aromatic carbocycles. The van der Waals surface area contributed by atoms with Crippen molar-refractivity contribution < 1.29 is 9.90 Å². The Labute approximate surface area is 118 Å². The van der Waals surface area contributed by atoms with Gasteiger partial charge < -0.3 is 5.11 Å². The van der Waals surface area contributed by atoms with Crippen LogP contribution in [0, 0.1) is 20.8 Å². The number of hydrogen-bond donors (Lipinski definition) is 1. The van der Waals surface area contributed by atoms with E-state index in [2.05, 4.69) is 9.97 Å². The summed E-state index contributed by atoms with van der Waals surface area (Å²) in [6.07, 6.45) is 0.436. The van der Waals surface area contributed by atoms with Crippen molar-refractivity contribution in [1.29, 1.82) is 0 Å². The van der Waals surface area contributed by atoms with E-state index in [1.54, 1.807) is 13.0 Å². The van der Waals surface area contributed by atoms with Gasteiger partial charge in [-0.2, -0.15) is 0 Å². The van der Waals surface area contributed by atoms with E-state index in [9.17, 15) is 9.90 Å². The van der Waals surface area contributed by atoms with Crippen LogP contribution in [0.5, 0.6) is 0 Å². The molecule has 0 aliphatic carbocycles. The van der Waals surface area contributed by atoms with Crippen molar-refractivity contribution in [3.8, 4) is 0 Å². The van der Waals surface area contributed by atoms with Crippen molar-refractivity contribution in [2.45, 2.75) is 33.1 Å². The summed E-state index contributed by atoms with van der Waals surface area (Å²) in [7, 11) is 0. The van der Waals surface area contributed by atoms with E-state index in [1.165, 1.54) is 0 Å². The van der Waals surface area contributed by atoms with Crippen molar-refractivity contribution >= 4 is 5.97 Å². The summed E-state index contributed by atoms with van der Waals surface area (Å²) in [6, 6.07) is 9.66. The van der Waals surface area contributed by atoms with Crippen molar-refractivity contribution in [2.24, 2.45) is 0 Å². The van der Waals surface area contributed by atoms with E-state index < -0.39 is 11.9 Å². The standard InChI is InChI=1S/C16H18N2O2/c1-10-4-6-13(7-5-10)9-14(16(19)20)15-8-11(2)17-12(3)18-15/h4-8,14H,9H2,1-3H3,(H,19,20). The molecule has 20 heavy (non-hydrogen) atoms. The fourth-order valence-electron chi connectivity index (χ4n) is 2.20. The molecule has 0 saturated heterocycles. The number of aromatic nitrogens is 2. The molecule has 104 valence electrons. The monoisotopic (exact) mass is 270 g/mol. The van der Waals surface area contributed by atoms with Gasteiger partial charge in [-0.25, -0.2) is 9.97 Å². The highest BCUT2D eigenvalue weighted by molar-refractivity contribution is 5.75. The summed E-state index contributed by atoms with van der Waals surface area (Å²) in [5.41, 5.74) is 3.52. The molecule has 4 nitrogen and oxygen atoms in total. The highest BCUT2D eigenvalue weighted by Crippen LogP contribution is 2.21. The largest absolute Gasteiger partial charge is 0.481 e. The van der Waals surface area contributed by atoms with Gasteiger partial charge in [0.05, 0.1) is 5.69 Å². The first kappa shape index (κ1) is 14.2. The van der Waals surface area contributed by atoms with Crippen LogP contribution < -0.4 is 0 Å². The zero-order valence-electron chi connectivity index (χ0n) is 11.9. The molecule has 0 amide bonds. The molecule has 4 heteroatoms. The summed E-state index contributed by atoms with van der Waals surface area (Å²) in [5, 5.41) is 9.46. The Morgan fingerprint density at radius 2 is 1.80 bits per heavy atom. The van der Waals surface area contributed by atoms with E-state index in [0.29, 0.717) is 17.9 Å². The van der Waals surface area contributed by atoms with Crippen LogP contribution in [0.15, 0.2) is 30.3 Å². The lowest BCUT2D eigenvalue weighted by Crippen LogP contribution is -2.17. The number of carboxylic acids is 1. The zero-order valence-corrected chi connectivity index (χ0v) is 11.9. The first-order valence-corrected chi connectivity index (χ1v) is 6.56. The Balaban J connectivity index is 2.31. The Morgan fingerprint density at radius 3 is 2.35 bits per heavy atom. The summed E-state index contributed by atoms with van der Waals surface area (Å²) in [4.78, 5) is 20.0. The van der Waals surface area contributed by atoms with Crippen molar-refractivity contribution in [2.75, 3.05) is 0 Å². The lowest BCUT2D eigenvalue weighted by atomic mass is 9.95.